The van der Waals surface area contributed by atoms with Gasteiger partial charge in [0.05, 0.1) is 4.92 Å². The van der Waals surface area contributed by atoms with Crippen LogP contribution in [0.25, 0.3) is 0 Å². The third kappa shape index (κ3) is 3.57. The van der Waals surface area contributed by atoms with Crippen LogP contribution in [0.3, 0.4) is 0 Å². The third-order valence-electron chi connectivity index (χ3n) is 2.10. The molecular formula is C10H11ClN2O5. The summed E-state index contributed by atoms with van der Waals surface area (Å²) in [6.45, 7) is 0.150. The average Bonchev–Trinajstić information content (AvgIpc) is 2.27. The van der Waals surface area contributed by atoms with Crippen LogP contribution < -0.4 is 10.5 Å². The predicted octanol–water partition coefficient (Wildman–Crippen LogP) is 1.43. The lowest BCUT2D eigenvalue weighted by molar-refractivity contribution is -0.384. The zero-order chi connectivity index (χ0) is 13.7. The van der Waals surface area contributed by atoms with Crippen molar-refractivity contribution in [3.8, 4) is 5.75 Å². The van der Waals surface area contributed by atoms with Crippen LogP contribution in [0.2, 0.25) is 5.02 Å². The minimum Gasteiger partial charge on any atom is -0.479 e. The van der Waals surface area contributed by atoms with E-state index >= 15 is 0 Å². The number of carboxylic acids is 1. The first-order chi connectivity index (χ1) is 8.45. The zero-order valence-electron chi connectivity index (χ0n) is 9.21. The Kier molecular flexibility index (Phi) is 4.87. The van der Waals surface area contributed by atoms with Crippen molar-refractivity contribution in [2.24, 2.45) is 5.73 Å². The highest BCUT2D eigenvalue weighted by Gasteiger charge is 2.20. The fraction of sp³-hybridized carbons (Fsp3) is 0.300. The number of ether oxygens (including phenoxy) is 1. The van der Waals surface area contributed by atoms with E-state index in [1.807, 2.05) is 0 Å². The molecule has 1 aromatic carbocycles. The minimum atomic E-state index is -1.16. The molecule has 0 bridgehead atoms. The molecule has 0 radical (unpaired) electrons. The second-order valence-corrected chi connectivity index (χ2v) is 3.80. The molecule has 0 aromatic heterocycles. The second-order valence-electron chi connectivity index (χ2n) is 3.39. The molecule has 0 fully saturated rings. The van der Waals surface area contributed by atoms with Crippen molar-refractivity contribution >= 4 is 23.3 Å². The van der Waals surface area contributed by atoms with Crippen molar-refractivity contribution in [3.05, 3.63) is 33.3 Å². The van der Waals surface area contributed by atoms with Gasteiger partial charge in [0.1, 0.15) is 10.8 Å². The van der Waals surface area contributed by atoms with E-state index in [2.05, 4.69) is 0 Å². The number of rotatable bonds is 6. The van der Waals surface area contributed by atoms with Crippen LogP contribution in [-0.4, -0.2) is 28.6 Å². The van der Waals surface area contributed by atoms with E-state index in [1.165, 1.54) is 12.1 Å². The van der Waals surface area contributed by atoms with Gasteiger partial charge in [-0.15, -0.1) is 0 Å². The van der Waals surface area contributed by atoms with Gasteiger partial charge in [-0.3, -0.25) is 10.1 Å². The number of hydrogen-bond donors (Lipinski definition) is 2. The van der Waals surface area contributed by atoms with Crippen molar-refractivity contribution in [2.75, 3.05) is 6.54 Å². The van der Waals surface area contributed by atoms with Crippen molar-refractivity contribution in [1.29, 1.82) is 0 Å². The smallest absolute Gasteiger partial charge is 0.344 e. The highest BCUT2D eigenvalue weighted by molar-refractivity contribution is 6.32. The molecular weight excluding hydrogens is 264 g/mol. The molecule has 18 heavy (non-hydrogen) atoms. The first-order valence-corrected chi connectivity index (χ1v) is 5.37. The number of nitro benzene ring substituents is 1. The highest BCUT2D eigenvalue weighted by atomic mass is 35.5. The molecule has 0 spiro atoms. The van der Waals surface area contributed by atoms with Crippen LogP contribution >= 0.6 is 11.6 Å². The number of carbonyl (C=O) groups is 1. The number of nitrogens with two attached hydrogens (primary N) is 1. The first-order valence-electron chi connectivity index (χ1n) is 4.99. The molecule has 98 valence electrons. The molecule has 3 N–H and O–H groups in total. The summed E-state index contributed by atoms with van der Waals surface area (Å²) in [5.74, 6) is -1.01. The summed E-state index contributed by atoms with van der Waals surface area (Å²) in [5, 5.41) is 19.3. The van der Waals surface area contributed by atoms with E-state index in [0.29, 0.717) is 0 Å². The molecule has 0 aliphatic rings. The monoisotopic (exact) mass is 274 g/mol. The molecule has 7 nitrogen and oxygen atoms in total. The van der Waals surface area contributed by atoms with E-state index < -0.39 is 17.0 Å². The molecule has 0 saturated carbocycles. The van der Waals surface area contributed by atoms with Gasteiger partial charge in [-0.1, -0.05) is 11.6 Å². The van der Waals surface area contributed by atoms with E-state index in [-0.39, 0.29) is 29.4 Å². The Bertz CT molecular complexity index is 466. The Labute approximate surface area is 107 Å². The molecule has 1 atom stereocenters. The number of carboxylic acid groups (broad SMARTS) is 1. The topological polar surface area (TPSA) is 116 Å². The average molecular weight is 275 g/mol. The van der Waals surface area contributed by atoms with E-state index in [9.17, 15) is 14.9 Å². The summed E-state index contributed by atoms with van der Waals surface area (Å²) in [4.78, 5) is 20.7. The van der Waals surface area contributed by atoms with Crippen LogP contribution in [0.5, 0.6) is 5.75 Å². The molecule has 0 aliphatic carbocycles. The first kappa shape index (κ1) is 14.2. The fourth-order valence-corrected chi connectivity index (χ4v) is 1.50. The lowest BCUT2D eigenvalue weighted by Gasteiger charge is -2.14. The summed E-state index contributed by atoms with van der Waals surface area (Å²) in [6, 6.07) is 3.64. The molecule has 8 heteroatoms. The Morgan fingerprint density at radius 2 is 2.28 bits per heavy atom. The van der Waals surface area contributed by atoms with Crippen LogP contribution in [-0.2, 0) is 4.79 Å². The number of aliphatic carboxylic acids is 1. The van der Waals surface area contributed by atoms with Crippen LogP contribution in [0.1, 0.15) is 6.42 Å². The molecule has 0 amide bonds. The third-order valence-corrected chi connectivity index (χ3v) is 2.40. The van der Waals surface area contributed by atoms with Crippen molar-refractivity contribution < 1.29 is 19.6 Å². The quantitative estimate of drug-likeness (QED) is 0.599. The minimum absolute atomic E-state index is 0.116. The number of halogens is 1. The van der Waals surface area contributed by atoms with E-state index in [1.54, 1.807) is 0 Å². The Balaban J connectivity index is 2.88. The molecule has 0 heterocycles. The number of nitrogens with zero attached hydrogens (tertiary/aromatic N) is 1. The van der Waals surface area contributed by atoms with E-state index in [0.717, 1.165) is 6.07 Å². The molecule has 0 saturated heterocycles. The Hall–Kier alpha value is -1.86. The lowest BCUT2D eigenvalue weighted by atomic mass is 10.2. The van der Waals surface area contributed by atoms with Gasteiger partial charge in [-0.25, -0.2) is 4.79 Å². The van der Waals surface area contributed by atoms with Crippen LogP contribution in [0.4, 0.5) is 5.69 Å². The van der Waals surface area contributed by atoms with Gasteiger partial charge in [0, 0.05) is 18.6 Å². The fourth-order valence-electron chi connectivity index (χ4n) is 1.26. The highest BCUT2D eigenvalue weighted by Crippen LogP contribution is 2.29. The largest absolute Gasteiger partial charge is 0.479 e. The van der Waals surface area contributed by atoms with Crippen molar-refractivity contribution in [2.45, 2.75) is 12.5 Å². The maximum absolute atomic E-state index is 10.8. The zero-order valence-corrected chi connectivity index (χ0v) is 9.96. The number of nitro groups is 1. The summed E-state index contributed by atoms with van der Waals surface area (Å²) >= 11 is 5.67. The number of benzene rings is 1. The Morgan fingerprint density at radius 3 is 2.72 bits per heavy atom. The summed E-state index contributed by atoms with van der Waals surface area (Å²) in [7, 11) is 0. The maximum Gasteiger partial charge on any atom is 0.344 e. The normalized spacial score (nSPS) is 11.9. The lowest BCUT2D eigenvalue weighted by Crippen LogP contribution is -2.29. The molecule has 1 rings (SSSR count). The van der Waals surface area contributed by atoms with Gasteiger partial charge in [-0.05, 0) is 12.6 Å². The van der Waals surface area contributed by atoms with Gasteiger partial charge in [0.15, 0.2) is 6.10 Å². The van der Waals surface area contributed by atoms with Gasteiger partial charge >= 0.3 is 5.97 Å². The second kappa shape index (κ2) is 6.18. The summed E-state index contributed by atoms with van der Waals surface area (Å²) in [5.41, 5.74) is 4.99. The SMILES string of the molecule is NCCC(Oc1ccc([N+](=O)[O-])c(Cl)c1)C(=O)O. The van der Waals surface area contributed by atoms with Gasteiger partial charge in [0.25, 0.3) is 5.69 Å². The maximum atomic E-state index is 10.8. The van der Waals surface area contributed by atoms with Crippen molar-refractivity contribution in [1.82, 2.24) is 0 Å². The summed E-state index contributed by atoms with van der Waals surface area (Å²) < 4.78 is 5.15. The molecule has 1 aromatic rings. The van der Waals surface area contributed by atoms with Gasteiger partial charge in [-0.2, -0.15) is 0 Å². The van der Waals surface area contributed by atoms with Gasteiger partial charge < -0.3 is 15.6 Å². The van der Waals surface area contributed by atoms with Crippen LogP contribution in [0.15, 0.2) is 18.2 Å². The summed E-state index contributed by atoms with van der Waals surface area (Å²) in [6.07, 6.45) is -0.975. The Morgan fingerprint density at radius 1 is 1.61 bits per heavy atom. The molecule has 0 aliphatic heterocycles. The number of hydrogen-bond acceptors (Lipinski definition) is 5. The van der Waals surface area contributed by atoms with Crippen LogP contribution in [0, 0.1) is 10.1 Å². The van der Waals surface area contributed by atoms with E-state index in [4.69, 9.17) is 27.2 Å². The standard InChI is InChI=1S/C10H11ClN2O5/c11-7-5-6(1-2-8(7)13(16)17)18-9(3-4-12)10(14)15/h1-2,5,9H,3-4,12H2,(H,14,15). The van der Waals surface area contributed by atoms with Crippen molar-refractivity contribution in [3.63, 3.8) is 0 Å². The predicted molar refractivity (Wildman–Crippen MR) is 63.8 cm³/mol. The molecule has 1 unspecified atom stereocenters. The van der Waals surface area contributed by atoms with Gasteiger partial charge in [0.2, 0.25) is 0 Å².